The molecule has 1 saturated carbocycles. The Kier molecular flexibility index (Phi) is 5.47. The Bertz CT molecular complexity index is 525. The van der Waals surface area contributed by atoms with Gasteiger partial charge in [-0.1, -0.05) is 43.5 Å². The van der Waals surface area contributed by atoms with E-state index in [1.54, 1.807) is 24.3 Å². The molecule has 0 bridgehead atoms. The Morgan fingerprint density at radius 3 is 2.50 bits per heavy atom. The monoisotopic (exact) mass is 315 g/mol. The fourth-order valence-electron chi connectivity index (χ4n) is 2.94. The first-order valence-electron chi connectivity index (χ1n) is 7.22. The van der Waals surface area contributed by atoms with E-state index in [1.807, 2.05) is 6.92 Å². The number of hydrogen-bond donors (Lipinski definition) is 1. The average Bonchev–Trinajstić information content (AvgIpc) is 2.42. The van der Waals surface area contributed by atoms with E-state index in [0.29, 0.717) is 5.02 Å². The zero-order valence-corrected chi connectivity index (χ0v) is 13.4. The van der Waals surface area contributed by atoms with Gasteiger partial charge in [0.05, 0.1) is 11.0 Å². The highest BCUT2D eigenvalue weighted by atomic mass is 35.5. The van der Waals surface area contributed by atoms with E-state index in [9.17, 15) is 8.42 Å². The zero-order chi connectivity index (χ0) is 14.6. The van der Waals surface area contributed by atoms with Crippen LogP contribution in [0.25, 0.3) is 0 Å². The van der Waals surface area contributed by atoms with Crippen LogP contribution in [0.1, 0.15) is 38.2 Å². The van der Waals surface area contributed by atoms with Crippen molar-refractivity contribution in [1.82, 2.24) is 5.32 Å². The molecule has 0 spiro atoms. The van der Waals surface area contributed by atoms with E-state index in [-0.39, 0.29) is 17.0 Å². The molecule has 20 heavy (non-hydrogen) atoms. The topological polar surface area (TPSA) is 46.2 Å². The molecule has 1 aromatic rings. The second-order valence-corrected chi connectivity index (χ2v) is 8.08. The summed E-state index contributed by atoms with van der Waals surface area (Å²) in [7, 11) is -3.13. The summed E-state index contributed by atoms with van der Waals surface area (Å²) in [4.78, 5) is 0. The van der Waals surface area contributed by atoms with Crippen molar-refractivity contribution >= 4 is 21.4 Å². The second-order valence-electron chi connectivity index (χ2n) is 5.42. The van der Waals surface area contributed by atoms with Crippen LogP contribution in [0, 0.1) is 0 Å². The Morgan fingerprint density at radius 1 is 1.20 bits per heavy atom. The van der Waals surface area contributed by atoms with Crippen LogP contribution in [0.15, 0.2) is 24.3 Å². The number of benzene rings is 1. The Balaban J connectivity index is 2.13. The maximum atomic E-state index is 12.7. The van der Waals surface area contributed by atoms with E-state index in [1.165, 1.54) is 0 Å². The minimum atomic E-state index is -3.13. The van der Waals surface area contributed by atoms with Gasteiger partial charge in [-0.05, 0) is 37.1 Å². The van der Waals surface area contributed by atoms with E-state index < -0.39 is 9.84 Å². The number of halogens is 1. The molecule has 0 aliphatic heterocycles. The van der Waals surface area contributed by atoms with Gasteiger partial charge in [0, 0.05) is 11.1 Å². The summed E-state index contributed by atoms with van der Waals surface area (Å²) in [5.41, 5.74) is 0.815. The van der Waals surface area contributed by atoms with Crippen LogP contribution in [-0.2, 0) is 15.6 Å². The van der Waals surface area contributed by atoms with Gasteiger partial charge >= 0.3 is 0 Å². The largest absolute Gasteiger partial charge is 0.313 e. The minimum Gasteiger partial charge on any atom is -0.313 e. The Morgan fingerprint density at radius 2 is 1.85 bits per heavy atom. The van der Waals surface area contributed by atoms with Gasteiger partial charge in [0.15, 0.2) is 9.84 Å². The van der Waals surface area contributed by atoms with Gasteiger partial charge in [-0.15, -0.1) is 0 Å². The molecule has 1 aromatic carbocycles. The molecule has 0 saturated heterocycles. The van der Waals surface area contributed by atoms with E-state index >= 15 is 0 Å². The van der Waals surface area contributed by atoms with Crippen LogP contribution < -0.4 is 5.32 Å². The molecule has 3 nitrogen and oxygen atoms in total. The molecule has 0 aromatic heterocycles. The molecule has 2 rings (SSSR count). The van der Waals surface area contributed by atoms with Crippen molar-refractivity contribution in [3.05, 3.63) is 34.9 Å². The third-order valence-electron chi connectivity index (χ3n) is 3.91. The van der Waals surface area contributed by atoms with Gasteiger partial charge in [-0.25, -0.2) is 8.42 Å². The summed E-state index contributed by atoms with van der Waals surface area (Å²) in [6, 6.07) is 7.19. The van der Waals surface area contributed by atoms with Gasteiger partial charge in [-0.2, -0.15) is 0 Å². The predicted octanol–water partition coefficient (Wildman–Crippen LogP) is 3.18. The molecule has 1 aliphatic carbocycles. The minimum absolute atomic E-state index is 0.103. The summed E-state index contributed by atoms with van der Waals surface area (Å²) in [6.07, 6.45) is 3.85. The van der Waals surface area contributed by atoms with Gasteiger partial charge in [-0.3, -0.25) is 0 Å². The third-order valence-corrected chi connectivity index (χ3v) is 6.39. The second kappa shape index (κ2) is 6.92. The molecule has 0 heterocycles. The molecule has 112 valence electrons. The van der Waals surface area contributed by atoms with Crippen LogP contribution >= 0.6 is 11.6 Å². The molecular formula is C15H22ClNO2S. The molecule has 0 radical (unpaired) electrons. The maximum Gasteiger partial charge on any atom is 0.158 e. The van der Waals surface area contributed by atoms with E-state index in [4.69, 9.17) is 11.6 Å². The first-order chi connectivity index (χ1) is 9.53. The molecule has 2 atom stereocenters. The number of rotatable bonds is 5. The fourth-order valence-corrected chi connectivity index (χ4v) is 5.20. The molecule has 1 N–H and O–H groups in total. The summed E-state index contributed by atoms with van der Waals surface area (Å²) in [5.74, 6) is 0.108. The van der Waals surface area contributed by atoms with Crippen LogP contribution in [0.5, 0.6) is 0 Å². The average molecular weight is 316 g/mol. The summed E-state index contributed by atoms with van der Waals surface area (Å²) in [6.45, 7) is 2.84. The van der Waals surface area contributed by atoms with Crippen molar-refractivity contribution in [2.75, 3.05) is 6.54 Å². The number of nitrogens with one attached hydrogen (secondary N) is 1. The summed E-state index contributed by atoms with van der Waals surface area (Å²) >= 11 is 5.84. The van der Waals surface area contributed by atoms with Crippen LogP contribution in [-0.4, -0.2) is 26.3 Å². The van der Waals surface area contributed by atoms with Gasteiger partial charge in [0.25, 0.3) is 0 Å². The first-order valence-corrected chi connectivity index (χ1v) is 9.31. The summed E-state index contributed by atoms with van der Waals surface area (Å²) < 4.78 is 25.3. The molecule has 5 heteroatoms. The summed E-state index contributed by atoms with van der Waals surface area (Å²) in [5, 5.41) is 3.71. The van der Waals surface area contributed by atoms with Crippen LogP contribution in [0.3, 0.4) is 0 Å². The standard InChI is InChI=1S/C15H22ClNO2S/c1-2-17-14-5-3-4-6-15(14)20(18,19)11-12-7-9-13(16)10-8-12/h7-10,14-15,17H,2-6,11H2,1H3. The lowest BCUT2D eigenvalue weighted by atomic mass is 9.95. The fraction of sp³-hybridized carbons (Fsp3) is 0.600. The Hall–Kier alpha value is -0.580. The number of sulfone groups is 1. The van der Waals surface area contributed by atoms with Gasteiger partial charge < -0.3 is 5.32 Å². The van der Waals surface area contributed by atoms with Crippen molar-refractivity contribution < 1.29 is 8.42 Å². The number of hydrogen-bond acceptors (Lipinski definition) is 3. The highest BCUT2D eigenvalue weighted by Crippen LogP contribution is 2.27. The van der Waals surface area contributed by atoms with Crippen molar-refractivity contribution in [2.24, 2.45) is 0 Å². The van der Waals surface area contributed by atoms with E-state index in [2.05, 4.69) is 5.32 Å². The van der Waals surface area contributed by atoms with Crippen LogP contribution in [0.4, 0.5) is 0 Å². The van der Waals surface area contributed by atoms with Crippen molar-refractivity contribution in [2.45, 2.75) is 49.7 Å². The predicted molar refractivity (Wildman–Crippen MR) is 83.8 cm³/mol. The molecule has 1 aliphatic rings. The zero-order valence-electron chi connectivity index (χ0n) is 11.8. The molecule has 1 fully saturated rings. The third kappa shape index (κ3) is 3.96. The Labute approximate surface area is 126 Å². The van der Waals surface area contributed by atoms with Crippen molar-refractivity contribution in [3.63, 3.8) is 0 Å². The highest BCUT2D eigenvalue weighted by Gasteiger charge is 2.34. The molecular weight excluding hydrogens is 294 g/mol. The molecule has 0 amide bonds. The lowest BCUT2D eigenvalue weighted by Crippen LogP contribution is -2.46. The quantitative estimate of drug-likeness (QED) is 0.907. The molecule has 2 unspecified atom stereocenters. The van der Waals surface area contributed by atoms with Gasteiger partial charge in [0.1, 0.15) is 0 Å². The van der Waals surface area contributed by atoms with Gasteiger partial charge in [0.2, 0.25) is 0 Å². The van der Waals surface area contributed by atoms with Crippen molar-refractivity contribution in [1.29, 1.82) is 0 Å². The lowest BCUT2D eigenvalue weighted by Gasteiger charge is -2.31. The SMILES string of the molecule is CCNC1CCCCC1S(=O)(=O)Cc1ccc(Cl)cc1. The highest BCUT2D eigenvalue weighted by molar-refractivity contribution is 7.91. The smallest absolute Gasteiger partial charge is 0.158 e. The van der Waals surface area contributed by atoms with Crippen molar-refractivity contribution in [3.8, 4) is 0 Å². The maximum absolute atomic E-state index is 12.7. The van der Waals surface area contributed by atoms with E-state index in [0.717, 1.165) is 37.8 Å². The van der Waals surface area contributed by atoms with Crippen LogP contribution in [0.2, 0.25) is 5.02 Å². The normalized spacial score (nSPS) is 23.7. The first kappa shape index (κ1) is 15.8. The lowest BCUT2D eigenvalue weighted by molar-refractivity contribution is 0.376.